The van der Waals surface area contributed by atoms with Crippen molar-refractivity contribution in [2.24, 2.45) is 5.92 Å². The molecule has 3 aromatic rings. The molecule has 1 aliphatic rings. The average molecular weight is 400 g/mol. The summed E-state index contributed by atoms with van der Waals surface area (Å²) in [6.07, 6.45) is 7.72. The minimum absolute atomic E-state index is 0.348. The summed E-state index contributed by atoms with van der Waals surface area (Å²) < 4.78 is 13.0. The number of hydrogen-bond acceptors (Lipinski definition) is 3. The predicted octanol–water partition coefficient (Wildman–Crippen LogP) is 6.21. The van der Waals surface area contributed by atoms with E-state index in [4.69, 9.17) is 21.1 Å². The molecule has 1 heterocycles. The number of methoxy groups -OCH3 is 2. The largest absolute Gasteiger partial charge is 0.495 e. The van der Waals surface area contributed by atoms with E-state index < -0.39 is 0 Å². The number of hydrogen-bond donors (Lipinski definition) is 0. The highest BCUT2D eigenvalue weighted by Gasteiger charge is 2.23. The quantitative estimate of drug-likeness (QED) is 0.478. The number of carbonyl (C=O) groups is 1. The third kappa shape index (κ3) is 3.24. The molecule has 28 heavy (non-hydrogen) atoms. The lowest BCUT2D eigenvalue weighted by Crippen LogP contribution is -2.10. The normalized spacial score (nSPS) is 15.2. The molecule has 4 rings (SSSR count). The molecule has 0 bridgehead atoms. The molecule has 1 fully saturated rings. The summed E-state index contributed by atoms with van der Waals surface area (Å²) in [4.78, 5) is 12.5. The number of aromatic nitrogens is 1. The maximum atomic E-state index is 12.5. The molecular formula is C23H26ClNO3. The fourth-order valence-electron chi connectivity index (χ4n) is 4.67. The maximum absolute atomic E-state index is 12.5. The third-order valence-corrected chi connectivity index (χ3v) is 6.35. The monoisotopic (exact) mass is 399 g/mol. The molecule has 4 nitrogen and oxygen atoms in total. The standard InChI is InChI=1S/C23H26ClNO3/c1-27-19-12-11-17(23(26)28-2)20-16-9-6-10-18(24)21(16)25(22(19)20)14-13-15-7-4-3-5-8-15/h6,9-12,15H,3-5,7-8,13-14H2,1-2H3. The van der Waals surface area contributed by atoms with E-state index in [-0.39, 0.29) is 5.97 Å². The van der Waals surface area contributed by atoms with Gasteiger partial charge in [0, 0.05) is 17.3 Å². The molecule has 0 spiro atoms. The van der Waals surface area contributed by atoms with Crippen molar-refractivity contribution in [2.45, 2.75) is 45.1 Å². The van der Waals surface area contributed by atoms with Gasteiger partial charge < -0.3 is 14.0 Å². The fraction of sp³-hybridized carbons (Fsp3) is 0.435. The molecule has 1 aromatic heterocycles. The van der Waals surface area contributed by atoms with E-state index in [0.29, 0.717) is 10.6 Å². The number of halogens is 1. The Kier molecular flexibility index (Phi) is 5.49. The van der Waals surface area contributed by atoms with Gasteiger partial charge in [0.2, 0.25) is 0 Å². The number of benzene rings is 2. The summed E-state index contributed by atoms with van der Waals surface area (Å²) >= 11 is 6.64. The molecule has 0 radical (unpaired) electrons. The van der Waals surface area contributed by atoms with Crippen molar-refractivity contribution >= 4 is 39.4 Å². The van der Waals surface area contributed by atoms with Gasteiger partial charge in [-0.15, -0.1) is 0 Å². The smallest absolute Gasteiger partial charge is 0.338 e. The van der Waals surface area contributed by atoms with E-state index in [9.17, 15) is 4.79 Å². The number of ether oxygens (including phenoxy) is 2. The van der Waals surface area contributed by atoms with Gasteiger partial charge in [0.05, 0.1) is 35.8 Å². The number of para-hydroxylation sites is 1. The van der Waals surface area contributed by atoms with Gasteiger partial charge in [0.15, 0.2) is 0 Å². The molecule has 0 atom stereocenters. The van der Waals surface area contributed by atoms with Crippen LogP contribution in [0, 0.1) is 5.92 Å². The van der Waals surface area contributed by atoms with Gasteiger partial charge in [-0.25, -0.2) is 4.79 Å². The average Bonchev–Trinajstić information content (AvgIpc) is 3.07. The third-order valence-electron chi connectivity index (χ3n) is 6.05. The first-order valence-corrected chi connectivity index (χ1v) is 10.4. The van der Waals surface area contributed by atoms with Gasteiger partial charge in [-0.2, -0.15) is 0 Å². The molecule has 0 amide bonds. The maximum Gasteiger partial charge on any atom is 0.338 e. The molecule has 0 aliphatic heterocycles. The summed E-state index contributed by atoms with van der Waals surface area (Å²) in [7, 11) is 3.07. The Hall–Kier alpha value is -2.20. The minimum atomic E-state index is -0.348. The highest BCUT2D eigenvalue weighted by atomic mass is 35.5. The van der Waals surface area contributed by atoms with Crippen LogP contribution < -0.4 is 4.74 Å². The first-order chi connectivity index (χ1) is 13.7. The van der Waals surface area contributed by atoms with Crippen molar-refractivity contribution in [2.75, 3.05) is 14.2 Å². The van der Waals surface area contributed by atoms with Crippen LogP contribution in [0.3, 0.4) is 0 Å². The highest BCUT2D eigenvalue weighted by Crippen LogP contribution is 2.40. The molecule has 5 heteroatoms. The van der Waals surface area contributed by atoms with E-state index in [0.717, 1.165) is 46.4 Å². The lowest BCUT2D eigenvalue weighted by molar-refractivity contribution is 0.0603. The molecule has 0 saturated heterocycles. The van der Waals surface area contributed by atoms with Crippen molar-refractivity contribution in [3.63, 3.8) is 0 Å². The van der Waals surface area contributed by atoms with Gasteiger partial charge in [0.25, 0.3) is 0 Å². The summed E-state index contributed by atoms with van der Waals surface area (Å²) in [5.41, 5.74) is 2.43. The lowest BCUT2D eigenvalue weighted by atomic mass is 9.87. The van der Waals surface area contributed by atoms with Gasteiger partial charge in [-0.1, -0.05) is 55.8 Å². The first-order valence-electron chi connectivity index (χ1n) is 10.0. The number of carbonyl (C=O) groups excluding carboxylic acids is 1. The van der Waals surface area contributed by atoms with Crippen LogP contribution in [-0.2, 0) is 11.3 Å². The molecule has 0 unspecified atom stereocenters. The Morgan fingerprint density at radius 3 is 2.61 bits per heavy atom. The molecule has 148 valence electrons. The number of aryl methyl sites for hydroxylation is 1. The van der Waals surface area contributed by atoms with Crippen LogP contribution in [0.25, 0.3) is 21.8 Å². The van der Waals surface area contributed by atoms with E-state index in [1.165, 1.54) is 39.2 Å². The van der Waals surface area contributed by atoms with Crippen LogP contribution in [0.15, 0.2) is 30.3 Å². The number of esters is 1. The number of nitrogens with zero attached hydrogens (tertiary/aromatic N) is 1. The van der Waals surface area contributed by atoms with Gasteiger partial charge in [0.1, 0.15) is 5.75 Å². The zero-order valence-corrected chi connectivity index (χ0v) is 17.2. The van der Waals surface area contributed by atoms with E-state index in [1.54, 1.807) is 13.2 Å². The van der Waals surface area contributed by atoms with Gasteiger partial charge in [-0.05, 0) is 30.5 Å². The molecular weight excluding hydrogens is 374 g/mol. The Labute approximate surface area is 170 Å². The van der Waals surface area contributed by atoms with Crippen molar-refractivity contribution in [3.8, 4) is 5.75 Å². The summed E-state index contributed by atoms with van der Waals surface area (Å²) in [5, 5.41) is 2.51. The SMILES string of the molecule is COC(=O)c1ccc(OC)c2c1c1cccc(Cl)c1n2CCC1CCCCC1. The van der Waals surface area contributed by atoms with E-state index >= 15 is 0 Å². The van der Waals surface area contributed by atoms with Crippen LogP contribution in [0.1, 0.15) is 48.9 Å². The number of fused-ring (bicyclic) bond motifs is 3. The van der Waals surface area contributed by atoms with Crippen LogP contribution in [0.5, 0.6) is 5.75 Å². The minimum Gasteiger partial charge on any atom is -0.495 e. The zero-order valence-electron chi connectivity index (χ0n) is 16.5. The second-order valence-corrected chi connectivity index (χ2v) is 8.02. The van der Waals surface area contributed by atoms with Crippen molar-refractivity contribution in [1.29, 1.82) is 0 Å². The van der Waals surface area contributed by atoms with E-state index in [1.807, 2.05) is 24.3 Å². The summed E-state index contributed by atoms with van der Waals surface area (Å²) in [6.45, 7) is 0.857. The second-order valence-electron chi connectivity index (χ2n) is 7.61. The zero-order chi connectivity index (χ0) is 19.7. The van der Waals surface area contributed by atoms with Gasteiger partial charge in [-0.3, -0.25) is 0 Å². The van der Waals surface area contributed by atoms with Crippen LogP contribution in [0.2, 0.25) is 5.02 Å². The molecule has 0 N–H and O–H groups in total. The topological polar surface area (TPSA) is 40.5 Å². The summed E-state index contributed by atoms with van der Waals surface area (Å²) in [6, 6.07) is 9.48. The summed E-state index contributed by atoms with van der Waals surface area (Å²) in [5.74, 6) is 1.15. The van der Waals surface area contributed by atoms with Crippen molar-refractivity contribution in [3.05, 3.63) is 40.9 Å². The molecule has 1 saturated carbocycles. The Bertz CT molecular complexity index is 1020. The van der Waals surface area contributed by atoms with Crippen molar-refractivity contribution in [1.82, 2.24) is 4.57 Å². The lowest BCUT2D eigenvalue weighted by Gasteiger charge is -2.22. The Balaban J connectivity index is 1.93. The fourth-order valence-corrected chi connectivity index (χ4v) is 4.95. The first kappa shape index (κ1) is 19.1. The van der Waals surface area contributed by atoms with Gasteiger partial charge >= 0.3 is 5.97 Å². The van der Waals surface area contributed by atoms with Crippen LogP contribution in [0.4, 0.5) is 0 Å². The Morgan fingerprint density at radius 1 is 1.11 bits per heavy atom. The Morgan fingerprint density at radius 2 is 1.89 bits per heavy atom. The highest BCUT2D eigenvalue weighted by molar-refractivity contribution is 6.37. The molecule has 2 aromatic carbocycles. The van der Waals surface area contributed by atoms with Crippen LogP contribution >= 0.6 is 11.6 Å². The number of rotatable bonds is 5. The van der Waals surface area contributed by atoms with Crippen molar-refractivity contribution < 1.29 is 14.3 Å². The molecule has 1 aliphatic carbocycles. The van der Waals surface area contributed by atoms with Crippen LogP contribution in [-0.4, -0.2) is 24.8 Å². The van der Waals surface area contributed by atoms with E-state index in [2.05, 4.69) is 4.57 Å². The second kappa shape index (κ2) is 8.04. The predicted molar refractivity (Wildman–Crippen MR) is 114 cm³/mol.